The number of benzene rings is 2. The monoisotopic (exact) mass is 269 g/mol. The van der Waals surface area contributed by atoms with Gasteiger partial charge < -0.3 is 5.73 Å². The Balaban J connectivity index is 2.60. The number of hydrogen-bond donors (Lipinski definition) is 1. The van der Waals surface area contributed by atoms with Gasteiger partial charge in [-0.05, 0) is 41.5 Å². The fraction of sp³-hybridized carbons (Fsp3) is 0.0769. The minimum Gasteiger partial charge on any atom is -0.326 e. The summed E-state index contributed by atoms with van der Waals surface area (Å²) >= 11 is 11.9. The molecule has 0 aliphatic rings. The lowest BCUT2D eigenvalue weighted by molar-refractivity contribution is 0.628. The lowest BCUT2D eigenvalue weighted by Crippen LogP contribution is -1.99. The van der Waals surface area contributed by atoms with Gasteiger partial charge in [0.15, 0.2) is 0 Å². The second-order valence-electron chi connectivity index (χ2n) is 3.63. The van der Waals surface area contributed by atoms with E-state index in [1.165, 1.54) is 12.1 Å². The van der Waals surface area contributed by atoms with E-state index in [2.05, 4.69) is 0 Å². The molecule has 0 aliphatic carbocycles. The summed E-state index contributed by atoms with van der Waals surface area (Å²) in [6.07, 6.45) is 0. The number of hydrogen-bond acceptors (Lipinski definition) is 1. The quantitative estimate of drug-likeness (QED) is 0.866. The van der Waals surface area contributed by atoms with Crippen LogP contribution in [-0.2, 0) is 6.54 Å². The van der Waals surface area contributed by atoms with E-state index in [0.717, 1.165) is 16.7 Å². The summed E-state index contributed by atoms with van der Waals surface area (Å²) in [7, 11) is 0. The van der Waals surface area contributed by atoms with E-state index in [1.54, 1.807) is 18.2 Å². The maximum Gasteiger partial charge on any atom is 0.124 e. The van der Waals surface area contributed by atoms with Crippen molar-refractivity contribution in [2.75, 3.05) is 0 Å². The van der Waals surface area contributed by atoms with E-state index < -0.39 is 0 Å². The molecule has 0 atom stereocenters. The number of halogens is 3. The maximum absolute atomic E-state index is 13.0. The molecule has 0 saturated carbocycles. The van der Waals surface area contributed by atoms with Crippen molar-refractivity contribution in [3.63, 3.8) is 0 Å². The Kier molecular flexibility index (Phi) is 3.67. The lowest BCUT2D eigenvalue weighted by Gasteiger charge is -2.10. The molecule has 0 radical (unpaired) electrons. The van der Waals surface area contributed by atoms with Crippen molar-refractivity contribution in [2.45, 2.75) is 6.54 Å². The zero-order valence-electron chi connectivity index (χ0n) is 8.88. The van der Waals surface area contributed by atoms with Gasteiger partial charge in [-0.25, -0.2) is 4.39 Å². The van der Waals surface area contributed by atoms with Gasteiger partial charge in [-0.2, -0.15) is 0 Å². The maximum atomic E-state index is 13.0. The first-order valence-electron chi connectivity index (χ1n) is 5.05. The van der Waals surface area contributed by atoms with Gasteiger partial charge in [-0.3, -0.25) is 0 Å². The Morgan fingerprint density at radius 3 is 2.35 bits per heavy atom. The van der Waals surface area contributed by atoms with Gasteiger partial charge in [-0.15, -0.1) is 0 Å². The van der Waals surface area contributed by atoms with E-state index in [9.17, 15) is 4.39 Å². The topological polar surface area (TPSA) is 26.0 Å². The smallest absolute Gasteiger partial charge is 0.124 e. The van der Waals surface area contributed by atoms with Crippen LogP contribution in [0.1, 0.15) is 5.56 Å². The molecule has 2 aromatic rings. The van der Waals surface area contributed by atoms with Crippen molar-refractivity contribution in [1.82, 2.24) is 0 Å². The second-order valence-corrected chi connectivity index (χ2v) is 4.47. The van der Waals surface area contributed by atoms with Crippen LogP contribution in [0.2, 0.25) is 10.0 Å². The summed E-state index contributed by atoms with van der Waals surface area (Å²) < 4.78 is 13.0. The first-order chi connectivity index (χ1) is 8.11. The highest BCUT2D eigenvalue weighted by Crippen LogP contribution is 2.32. The molecule has 0 amide bonds. The SMILES string of the molecule is NCc1cc(Cl)ccc1-c1ccc(F)cc1Cl. The minimum atomic E-state index is -0.359. The van der Waals surface area contributed by atoms with Gasteiger partial charge in [0, 0.05) is 17.1 Å². The molecule has 0 unspecified atom stereocenters. The van der Waals surface area contributed by atoms with E-state index >= 15 is 0 Å². The molecule has 0 heterocycles. The van der Waals surface area contributed by atoms with Crippen molar-refractivity contribution in [3.8, 4) is 11.1 Å². The van der Waals surface area contributed by atoms with Crippen LogP contribution in [0.15, 0.2) is 36.4 Å². The predicted octanol–water partition coefficient (Wildman–Crippen LogP) is 4.26. The lowest BCUT2D eigenvalue weighted by atomic mass is 9.99. The van der Waals surface area contributed by atoms with Crippen LogP contribution >= 0.6 is 23.2 Å². The fourth-order valence-electron chi connectivity index (χ4n) is 1.70. The molecule has 88 valence electrons. The minimum absolute atomic E-state index is 0.351. The molecule has 1 nitrogen and oxygen atoms in total. The molecule has 2 aromatic carbocycles. The van der Waals surface area contributed by atoms with Crippen LogP contribution in [0.4, 0.5) is 4.39 Å². The van der Waals surface area contributed by atoms with Crippen LogP contribution in [-0.4, -0.2) is 0 Å². The highest BCUT2D eigenvalue weighted by molar-refractivity contribution is 6.33. The Morgan fingerprint density at radius 1 is 1.00 bits per heavy atom. The van der Waals surface area contributed by atoms with Gasteiger partial charge in [0.25, 0.3) is 0 Å². The van der Waals surface area contributed by atoms with Gasteiger partial charge in [0.2, 0.25) is 0 Å². The summed E-state index contributed by atoms with van der Waals surface area (Å²) in [5.41, 5.74) is 8.17. The summed E-state index contributed by atoms with van der Waals surface area (Å²) in [4.78, 5) is 0. The van der Waals surface area contributed by atoms with Crippen molar-refractivity contribution >= 4 is 23.2 Å². The van der Waals surface area contributed by atoms with Gasteiger partial charge in [0.05, 0.1) is 5.02 Å². The largest absolute Gasteiger partial charge is 0.326 e. The third kappa shape index (κ3) is 2.60. The molecule has 2 rings (SSSR count). The van der Waals surface area contributed by atoms with Crippen molar-refractivity contribution in [1.29, 1.82) is 0 Å². The molecule has 0 bridgehead atoms. The van der Waals surface area contributed by atoms with Crippen molar-refractivity contribution < 1.29 is 4.39 Å². The standard InChI is InChI=1S/C13H10Cl2FN/c14-9-1-3-11(8(5-9)7-17)12-4-2-10(16)6-13(12)15/h1-6H,7,17H2. The van der Waals surface area contributed by atoms with Crippen LogP contribution in [0.3, 0.4) is 0 Å². The summed E-state index contributed by atoms with van der Waals surface area (Å²) in [5.74, 6) is -0.359. The normalized spacial score (nSPS) is 10.6. The summed E-state index contributed by atoms with van der Waals surface area (Å²) in [5, 5.41) is 0.981. The summed E-state index contributed by atoms with van der Waals surface area (Å²) in [6.45, 7) is 0.351. The summed E-state index contributed by atoms with van der Waals surface area (Å²) in [6, 6.07) is 9.68. The first kappa shape index (κ1) is 12.4. The fourth-order valence-corrected chi connectivity index (χ4v) is 2.17. The average Bonchev–Trinajstić information content (AvgIpc) is 2.30. The highest BCUT2D eigenvalue weighted by Gasteiger charge is 2.09. The zero-order valence-corrected chi connectivity index (χ0v) is 10.4. The number of nitrogens with two attached hydrogens (primary N) is 1. The third-order valence-electron chi connectivity index (χ3n) is 2.51. The van der Waals surface area contributed by atoms with Crippen molar-refractivity contribution in [3.05, 3.63) is 57.8 Å². The van der Waals surface area contributed by atoms with E-state index in [-0.39, 0.29) is 5.82 Å². The molecule has 17 heavy (non-hydrogen) atoms. The van der Waals surface area contributed by atoms with Gasteiger partial charge in [-0.1, -0.05) is 29.3 Å². The molecule has 0 spiro atoms. The van der Waals surface area contributed by atoms with E-state index in [0.29, 0.717) is 16.6 Å². The van der Waals surface area contributed by atoms with E-state index in [1.807, 2.05) is 6.07 Å². The second kappa shape index (κ2) is 5.05. The zero-order chi connectivity index (χ0) is 12.4. The Labute approximate surface area is 109 Å². The Morgan fingerprint density at radius 2 is 1.71 bits per heavy atom. The molecule has 0 fully saturated rings. The highest BCUT2D eigenvalue weighted by atomic mass is 35.5. The Hall–Kier alpha value is -1.09. The third-order valence-corrected chi connectivity index (χ3v) is 3.06. The molecule has 0 aliphatic heterocycles. The predicted molar refractivity (Wildman–Crippen MR) is 69.7 cm³/mol. The van der Waals surface area contributed by atoms with Crippen LogP contribution in [0.5, 0.6) is 0 Å². The molecule has 4 heteroatoms. The van der Waals surface area contributed by atoms with E-state index in [4.69, 9.17) is 28.9 Å². The van der Waals surface area contributed by atoms with Crippen molar-refractivity contribution in [2.24, 2.45) is 5.73 Å². The molecule has 2 N–H and O–H groups in total. The van der Waals surface area contributed by atoms with Gasteiger partial charge >= 0.3 is 0 Å². The van der Waals surface area contributed by atoms with Crippen LogP contribution < -0.4 is 5.73 Å². The molecule has 0 aromatic heterocycles. The Bertz CT molecular complexity index is 555. The van der Waals surface area contributed by atoms with Crippen LogP contribution in [0, 0.1) is 5.82 Å². The van der Waals surface area contributed by atoms with Crippen LogP contribution in [0.25, 0.3) is 11.1 Å². The molecular weight excluding hydrogens is 260 g/mol. The first-order valence-corrected chi connectivity index (χ1v) is 5.81. The van der Waals surface area contributed by atoms with Gasteiger partial charge in [0.1, 0.15) is 5.82 Å². The molecule has 0 saturated heterocycles. The molecular formula is C13H10Cl2FN. The number of rotatable bonds is 2. The average molecular weight is 270 g/mol.